The number of aryl methyl sites for hydroxylation is 1. The molecule has 0 aliphatic heterocycles. The van der Waals surface area contributed by atoms with Gasteiger partial charge in [-0.3, -0.25) is 0 Å². The van der Waals surface area contributed by atoms with Crippen LogP contribution in [0.4, 0.5) is 8.78 Å². The van der Waals surface area contributed by atoms with Crippen molar-refractivity contribution in [3.63, 3.8) is 0 Å². The third-order valence-corrected chi connectivity index (χ3v) is 3.35. The third kappa shape index (κ3) is 3.64. The first-order valence-corrected chi connectivity index (χ1v) is 6.84. The van der Waals surface area contributed by atoms with Crippen molar-refractivity contribution < 1.29 is 8.78 Å². The molecule has 2 rings (SSSR count). The second-order valence-corrected chi connectivity index (χ2v) is 4.97. The molecule has 1 N–H and O–H groups in total. The molecule has 0 aromatic heterocycles. The number of halogens is 2. The van der Waals surface area contributed by atoms with E-state index in [2.05, 4.69) is 5.32 Å². The smallest absolute Gasteiger partial charge is 0.130 e. The minimum Gasteiger partial charge on any atom is -0.310 e. The van der Waals surface area contributed by atoms with Gasteiger partial charge in [0.1, 0.15) is 11.6 Å². The molecule has 0 amide bonds. The maximum absolute atomic E-state index is 13.9. The van der Waals surface area contributed by atoms with E-state index in [1.165, 1.54) is 17.7 Å². The predicted molar refractivity (Wildman–Crippen MR) is 77.7 cm³/mol. The molecule has 2 aromatic carbocycles. The van der Waals surface area contributed by atoms with Crippen LogP contribution in [0.2, 0.25) is 0 Å². The highest BCUT2D eigenvalue weighted by atomic mass is 19.1. The summed E-state index contributed by atoms with van der Waals surface area (Å²) >= 11 is 0. The molecule has 0 fully saturated rings. The first-order chi connectivity index (χ1) is 9.60. The van der Waals surface area contributed by atoms with Gasteiger partial charge in [-0.2, -0.15) is 0 Å². The minimum atomic E-state index is -0.545. The van der Waals surface area contributed by atoms with Gasteiger partial charge in [0.15, 0.2) is 0 Å². The molecule has 0 saturated heterocycles. The molecule has 1 unspecified atom stereocenters. The van der Waals surface area contributed by atoms with Crippen molar-refractivity contribution in [3.8, 4) is 0 Å². The Morgan fingerprint density at radius 2 is 1.75 bits per heavy atom. The summed E-state index contributed by atoms with van der Waals surface area (Å²) < 4.78 is 26.9. The molecule has 20 heavy (non-hydrogen) atoms. The Bertz CT molecular complexity index is 564. The lowest BCUT2D eigenvalue weighted by Gasteiger charge is -2.19. The summed E-state index contributed by atoms with van der Waals surface area (Å²) in [6, 6.07) is 11.8. The van der Waals surface area contributed by atoms with E-state index in [9.17, 15) is 8.78 Å². The maximum atomic E-state index is 13.9. The van der Waals surface area contributed by atoms with Crippen molar-refractivity contribution in [1.82, 2.24) is 5.32 Å². The molecular weight excluding hydrogens is 256 g/mol. The molecule has 0 saturated carbocycles. The third-order valence-electron chi connectivity index (χ3n) is 3.35. The molecule has 0 aliphatic carbocycles. The Hall–Kier alpha value is -1.74. The standard InChI is InChI=1S/C17H19F2N/c1-3-20-17(10-13-6-4-12(2)5-7-13)15-9-8-14(18)11-16(15)19/h4-9,11,17,20H,3,10H2,1-2H3. The normalized spacial score (nSPS) is 12.4. The minimum absolute atomic E-state index is 0.150. The fraction of sp³-hybridized carbons (Fsp3) is 0.294. The summed E-state index contributed by atoms with van der Waals surface area (Å²) in [5.41, 5.74) is 2.83. The van der Waals surface area contributed by atoms with E-state index in [-0.39, 0.29) is 6.04 Å². The maximum Gasteiger partial charge on any atom is 0.130 e. The Balaban J connectivity index is 2.24. The quantitative estimate of drug-likeness (QED) is 0.863. The molecule has 0 heterocycles. The molecule has 1 atom stereocenters. The number of hydrogen-bond acceptors (Lipinski definition) is 1. The molecule has 0 bridgehead atoms. The summed E-state index contributed by atoms with van der Waals surface area (Å²) in [6.45, 7) is 4.74. The van der Waals surface area contributed by atoms with Crippen LogP contribution >= 0.6 is 0 Å². The summed E-state index contributed by atoms with van der Waals surface area (Å²) in [5, 5.41) is 3.26. The van der Waals surface area contributed by atoms with Crippen LogP contribution in [0, 0.1) is 18.6 Å². The Morgan fingerprint density at radius 3 is 2.35 bits per heavy atom. The highest BCUT2D eigenvalue weighted by Crippen LogP contribution is 2.22. The second kappa shape index (κ2) is 6.62. The van der Waals surface area contributed by atoms with Crippen LogP contribution in [-0.4, -0.2) is 6.54 Å². The van der Waals surface area contributed by atoms with E-state index >= 15 is 0 Å². The Labute approximate surface area is 118 Å². The van der Waals surface area contributed by atoms with Gasteiger partial charge in [0.25, 0.3) is 0 Å². The molecule has 0 spiro atoms. The van der Waals surface area contributed by atoms with Crippen molar-refractivity contribution in [2.75, 3.05) is 6.54 Å². The van der Waals surface area contributed by atoms with Crippen molar-refractivity contribution >= 4 is 0 Å². The van der Waals surface area contributed by atoms with Crippen LogP contribution in [0.3, 0.4) is 0 Å². The molecule has 106 valence electrons. The van der Waals surface area contributed by atoms with Gasteiger partial charge >= 0.3 is 0 Å². The van der Waals surface area contributed by atoms with Gasteiger partial charge in [0.05, 0.1) is 0 Å². The number of benzene rings is 2. The highest BCUT2D eigenvalue weighted by Gasteiger charge is 2.16. The summed E-state index contributed by atoms with van der Waals surface area (Å²) in [6.07, 6.45) is 0.677. The zero-order chi connectivity index (χ0) is 14.5. The molecule has 1 nitrogen and oxygen atoms in total. The number of likely N-dealkylation sites (N-methyl/N-ethyl adjacent to an activating group) is 1. The SMILES string of the molecule is CCNC(Cc1ccc(C)cc1)c1ccc(F)cc1F. The summed E-state index contributed by atoms with van der Waals surface area (Å²) in [5.74, 6) is -1.04. The van der Waals surface area contributed by atoms with Crippen LogP contribution in [0.25, 0.3) is 0 Å². The van der Waals surface area contributed by atoms with Gasteiger partial charge in [-0.1, -0.05) is 42.8 Å². The van der Waals surface area contributed by atoms with Crippen molar-refractivity contribution in [2.45, 2.75) is 26.3 Å². The highest BCUT2D eigenvalue weighted by molar-refractivity contribution is 5.27. The lowest BCUT2D eigenvalue weighted by Crippen LogP contribution is -2.24. The van der Waals surface area contributed by atoms with Crippen LogP contribution < -0.4 is 5.32 Å². The predicted octanol–water partition coefficient (Wildman–Crippen LogP) is 4.17. The van der Waals surface area contributed by atoms with Crippen LogP contribution in [0.15, 0.2) is 42.5 Å². The van der Waals surface area contributed by atoms with E-state index in [0.717, 1.165) is 18.2 Å². The lowest BCUT2D eigenvalue weighted by molar-refractivity contribution is 0.502. The molecule has 3 heteroatoms. The number of nitrogens with one attached hydrogen (secondary N) is 1. The van der Waals surface area contributed by atoms with E-state index in [1.807, 2.05) is 38.1 Å². The van der Waals surface area contributed by atoms with Crippen molar-refractivity contribution in [2.24, 2.45) is 0 Å². The average molecular weight is 275 g/mol. The van der Waals surface area contributed by atoms with Gasteiger partial charge in [-0.15, -0.1) is 0 Å². The summed E-state index contributed by atoms with van der Waals surface area (Å²) in [7, 11) is 0. The zero-order valence-corrected chi connectivity index (χ0v) is 11.8. The number of rotatable bonds is 5. The fourth-order valence-corrected chi connectivity index (χ4v) is 2.28. The lowest BCUT2D eigenvalue weighted by atomic mass is 9.97. The van der Waals surface area contributed by atoms with Crippen LogP contribution in [0.1, 0.15) is 29.7 Å². The Morgan fingerprint density at radius 1 is 1.05 bits per heavy atom. The van der Waals surface area contributed by atoms with Crippen molar-refractivity contribution in [1.29, 1.82) is 0 Å². The first-order valence-electron chi connectivity index (χ1n) is 6.84. The topological polar surface area (TPSA) is 12.0 Å². The molecule has 0 radical (unpaired) electrons. The average Bonchev–Trinajstić information content (AvgIpc) is 2.41. The van der Waals surface area contributed by atoms with Crippen LogP contribution in [-0.2, 0) is 6.42 Å². The zero-order valence-electron chi connectivity index (χ0n) is 11.8. The number of hydrogen-bond donors (Lipinski definition) is 1. The van der Waals surface area contributed by atoms with E-state index in [1.54, 1.807) is 0 Å². The van der Waals surface area contributed by atoms with Gasteiger partial charge < -0.3 is 5.32 Å². The van der Waals surface area contributed by atoms with E-state index in [0.29, 0.717) is 12.0 Å². The second-order valence-electron chi connectivity index (χ2n) is 4.97. The first kappa shape index (κ1) is 14.7. The molecule has 0 aliphatic rings. The van der Waals surface area contributed by atoms with Gasteiger partial charge in [0, 0.05) is 17.7 Å². The van der Waals surface area contributed by atoms with Gasteiger partial charge in [0.2, 0.25) is 0 Å². The van der Waals surface area contributed by atoms with Crippen LogP contribution in [0.5, 0.6) is 0 Å². The largest absolute Gasteiger partial charge is 0.310 e. The van der Waals surface area contributed by atoms with E-state index < -0.39 is 11.6 Å². The monoisotopic (exact) mass is 275 g/mol. The van der Waals surface area contributed by atoms with Gasteiger partial charge in [-0.25, -0.2) is 8.78 Å². The van der Waals surface area contributed by atoms with Crippen molar-refractivity contribution in [3.05, 3.63) is 70.8 Å². The fourth-order valence-electron chi connectivity index (χ4n) is 2.28. The molecular formula is C17H19F2N. The summed E-state index contributed by atoms with van der Waals surface area (Å²) in [4.78, 5) is 0. The Kier molecular flexibility index (Phi) is 4.85. The van der Waals surface area contributed by atoms with E-state index in [4.69, 9.17) is 0 Å². The molecule has 2 aromatic rings. The van der Waals surface area contributed by atoms with Gasteiger partial charge in [-0.05, 0) is 31.5 Å².